The first-order chi connectivity index (χ1) is 8.22. The Balaban J connectivity index is 2.14. The van der Waals surface area contributed by atoms with Crippen LogP contribution in [0.3, 0.4) is 0 Å². The Kier molecular flexibility index (Phi) is 2.73. The van der Waals surface area contributed by atoms with Crippen LogP contribution in [0.25, 0.3) is 20.8 Å². The Hall–Kier alpha value is -1.19. The smallest absolute Gasteiger partial charge is 0.124 e. The van der Waals surface area contributed by atoms with E-state index in [0.717, 1.165) is 15.0 Å². The Labute approximate surface area is 112 Å². The first-order valence-electron chi connectivity index (χ1n) is 5.35. The topological polar surface area (TPSA) is 12.9 Å². The number of halogens is 1. The minimum Gasteiger partial charge on any atom is -0.236 e. The third-order valence-electron chi connectivity index (χ3n) is 2.65. The number of nitrogens with zero attached hydrogens (tertiary/aromatic N) is 1. The summed E-state index contributed by atoms with van der Waals surface area (Å²) in [5, 5.41) is 1.08. The van der Waals surface area contributed by atoms with Crippen molar-refractivity contribution in [1.29, 1.82) is 0 Å². The lowest BCUT2D eigenvalue weighted by atomic mass is 10.2. The highest BCUT2D eigenvalue weighted by Gasteiger charge is 2.06. The molecule has 0 N–H and O–H groups in total. The number of hydrogen-bond acceptors (Lipinski definition) is 2. The fraction of sp³-hybridized carbons (Fsp3) is 0.0714. The molecule has 1 heterocycles. The molecule has 0 bridgehead atoms. The van der Waals surface area contributed by atoms with Gasteiger partial charge in [0.2, 0.25) is 0 Å². The van der Waals surface area contributed by atoms with Crippen molar-refractivity contribution in [1.82, 2.24) is 4.98 Å². The van der Waals surface area contributed by atoms with Crippen LogP contribution in [0.1, 0.15) is 5.56 Å². The number of hydrogen-bond donors (Lipinski definition) is 0. The molecule has 3 aromatic rings. The van der Waals surface area contributed by atoms with Crippen LogP contribution < -0.4 is 0 Å². The van der Waals surface area contributed by atoms with Gasteiger partial charge in [0.25, 0.3) is 0 Å². The molecule has 0 amide bonds. The summed E-state index contributed by atoms with van der Waals surface area (Å²) < 4.78 is 2.32. The molecule has 0 saturated heterocycles. The molecule has 0 spiro atoms. The number of fused-ring (bicyclic) bond motifs is 1. The molecule has 0 saturated carbocycles. The van der Waals surface area contributed by atoms with Gasteiger partial charge in [0.05, 0.1) is 10.2 Å². The van der Waals surface area contributed by atoms with Gasteiger partial charge in [-0.2, -0.15) is 0 Å². The lowest BCUT2D eigenvalue weighted by molar-refractivity contribution is 1.44. The van der Waals surface area contributed by atoms with Gasteiger partial charge < -0.3 is 0 Å². The van der Waals surface area contributed by atoms with Crippen LogP contribution in [0.5, 0.6) is 0 Å². The van der Waals surface area contributed by atoms with Crippen LogP contribution in [0.4, 0.5) is 0 Å². The first-order valence-corrected chi connectivity index (χ1v) is 6.96. The zero-order valence-corrected chi connectivity index (χ0v) is 11.7. The SMILES string of the molecule is Cc1ccc(-c2nc3ccc(Br)cc3s2)cc1. The summed E-state index contributed by atoms with van der Waals surface area (Å²) in [6.07, 6.45) is 0. The fourth-order valence-electron chi connectivity index (χ4n) is 1.72. The first kappa shape index (κ1) is 10.9. The standard InChI is InChI=1S/C14H10BrNS/c1-9-2-4-10(5-3-9)14-16-12-7-6-11(15)8-13(12)17-14/h2-8H,1H3. The van der Waals surface area contributed by atoms with Crippen LogP contribution in [0.15, 0.2) is 46.9 Å². The van der Waals surface area contributed by atoms with Gasteiger partial charge in [-0.15, -0.1) is 11.3 Å². The van der Waals surface area contributed by atoms with Crippen molar-refractivity contribution in [3.05, 3.63) is 52.5 Å². The minimum absolute atomic E-state index is 1.06. The second-order valence-electron chi connectivity index (χ2n) is 4.00. The summed E-state index contributed by atoms with van der Waals surface area (Å²) in [6.45, 7) is 2.10. The maximum atomic E-state index is 4.65. The number of benzene rings is 2. The maximum absolute atomic E-state index is 4.65. The highest BCUT2D eigenvalue weighted by molar-refractivity contribution is 9.10. The molecule has 2 aromatic carbocycles. The molecule has 17 heavy (non-hydrogen) atoms. The fourth-order valence-corrected chi connectivity index (χ4v) is 3.24. The van der Waals surface area contributed by atoms with Crippen LogP contribution in [0, 0.1) is 6.92 Å². The van der Waals surface area contributed by atoms with E-state index in [9.17, 15) is 0 Å². The van der Waals surface area contributed by atoms with E-state index in [0.29, 0.717) is 0 Å². The molecule has 0 radical (unpaired) electrons. The Morgan fingerprint density at radius 1 is 1.06 bits per heavy atom. The van der Waals surface area contributed by atoms with E-state index < -0.39 is 0 Å². The van der Waals surface area contributed by atoms with Crippen LogP contribution in [0.2, 0.25) is 0 Å². The quantitative estimate of drug-likeness (QED) is 0.614. The number of thiazole rings is 1. The van der Waals surface area contributed by atoms with Gasteiger partial charge in [0, 0.05) is 10.0 Å². The van der Waals surface area contributed by atoms with Gasteiger partial charge in [-0.25, -0.2) is 4.98 Å². The van der Waals surface area contributed by atoms with Crippen molar-refractivity contribution >= 4 is 37.5 Å². The number of aromatic nitrogens is 1. The summed E-state index contributed by atoms with van der Waals surface area (Å²) in [5.74, 6) is 0. The average molecular weight is 304 g/mol. The van der Waals surface area contributed by atoms with Crippen molar-refractivity contribution in [2.45, 2.75) is 6.92 Å². The zero-order valence-electron chi connectivity index (χ0n) is 9.27. The molecule has 3 heteroatoms. The van der Waals surface area contributed by atoms with E-state index >= 15 is 0 Å². The summed E-state index contributed by atoms with van der Waals surface area (Å²) in [7, 11) is 0. The Morgan fingerprint density at radius 3 is 2.59 bits per heavy atom. The second-order valence-corrected chi connectivity index (χ2v) is 5.94. The van der Waals surface area contributed by atoms with Crippen molar-refractivity contribution in [2.24, 2.45) is 0 Å². The van der Waals surface area contributed by atoms with E-state index in [4.69, 9.17) is 0 Å². The summed E-state index contributed by atoms with van der Waals surface area (Å²) in [5.41, 5.74) is 3.53. The molecule has 1 nitrogen and oxygen atoms in total. The molecule has 3 rings (SSSR count). The molecule has 84 valence electrons. The van der Waals surface area contributed by atoms with Crippen molar-refractivity contribution in [3.63, 3.8) is 0 Å². The number of rotatable bonds is 1. The normalized spacial score (nSPS) is 10.9. The van der Waals surface area contributed by atoms with E-state index in [1.54, 1.807) is 11.3 Å². The van der Waals surface area contributed by atoms with Gasteiger partial charge in [-0.1, -0.05) is 45.8 Å². The van der Waals surface area contributed by atoms with Gasteiger partial charge >= 0.3 is 0 Å². The van der Waals surface area contributed by atoms with Crippen LogP contribution >= 0.6 is 27.3 Å². The van der Waals surface area contributed by atoms with Crippen molar-refractivity contribution in [3.8, 4) is 10.6 Å². The van der Waals surface area contributed by atoms with E-state index in [1.165, 1.54) is 15.8 Å². The molecule has 0 aliphatic rings. The lowest BCUT2D eigenvalue weighted by Gasteiger charge is -1.95. The monoisotopic (exact) mass is 303 g/mol. The van der Waals surface area contributed by atoms with Gasteiger partial charge in [-0.05, 0) is 25.1 Å². The molecule has 0 aliphatic heterocycles. The molecule has 0 aliphatic carbocycles. The maximum Gasteiger partial charge on any atom is 0.124 e. The van der Waals surface area contributed by atoms with E-state index in [1.807, 2.05) is 12.1 Å². The largest absolute Gasteiger partial charge is 0.236 e. The summed E-state index contributed by atoms with van der Waals surface area (Å²) in [6, 6.07) is 14.7. The van der Waals surface area contributed by atoms with Crippen molar-refractivity contribution < 1.29 is 0 Å². The molecular formula is C14H10BrNS. The second kappa shape index (κ2) is 4.24. The minimum atomic E-state index is 1.06. The van der Waals surface area contributed by atoms with Gasteiger partial charge in [0.15, 0.2) is 0 Å². The van der Waals surface area contributed by atoms with E-state index in [2.05, 4.69) is 58.2 Å². The number of aryl methyl sites for hydroxylation is 1. The molecule has 0 fully saturated rings. The molecule has 0 atom stereocenters. The van der Waals surface area contributed by atoms with Crippen LogP contribution in [-0.2, 0) is 0 Å². The molecule has 1 aromatic heterocycles. The lowest BCUT2D eigenvalue weighted by Crippen LogP contribution is -1.76. The zero-order chi connectivity index (χ0) is 11.8. The summed E-state index contributed by atoms with van der Waals surface area (Å²) in [4.78, 5) is 4.65. The molecular weight excluding hydrogens is 294 g/mol. The highest BCUT2D eigenvalue weighted by Crippen LogP contribution is 2.31. The predicted octanol–water partition coefficient (Wildman–Crippen LogP) is 5.03. The summed E-state index contributed by atoms with van der Waals surface area (Å²) >= 11 is 5.22. The van der Waals surface area contributed by atoms with Crippen LogP contribution in [-0.4, -0.2) is 4.98 Å². The molecule has 0 unspecified atom stereocenters. The third-order valence-corrected chi connectivity index (χ3v) is 4.21. The predicted molar refractivity (Wildman–Crippen MR) is 77.5 cm³/mol. The van der Waals surface area contributed by atoms with Gasteiger partial charge in [-0.3, -0.25) is 0 Å². The third kappa shape index (κ3) is 2.13. The average Bonchev–Trinajstić information content (AvgIpc) is 2.72. The Morgan fingerprint density at radius 2 is 1.82 bits per heavy atom. The highest BCUT2D eigenvalue weighted by atomic mass is 79.9. The Bertz CT molecular complexity index is 670. The van der Waals surface area contributed by atoms with Gasteiger partial charge in [0.1, 0.15) is 5.01 Å². The van der Waals surface area contributed by atoms with Crippen molar-refractivity contribution in [2.75, 3.05) is 0 Å². The van der Waals surface area contributed by atoms with E-state index in [-0.39, 0.29) is 0 Å².